The van der Waals surface area contributed by atoms with Crippen molar-refractivity contribution in [1.82, 2.24) is 19.8 Å². The summed E-state index contributed by atoms with van der Waals surface area (Å²) in [5.74, 6) is 2.33. The molecule has 1 N–H and O–H groups in total. The lowest BCUT2D eigenvalue weighted by molar-refractivity contribution is 0.255. The van der Waals surface area contributed by atoms with Crippen LogP contribution in [0.15, 0.2) is 43.0 Å². The van der Waals surface area contributed by atoms with Gasteiger partial charge < -0.3 is 9.88 Å². The topological polar surface area (TPSA) is 33.1 Å². The molecule has 0 atom stereocenters. The predicted molar refractivity (Wildman–Crippen MR) is 93.2 cm³/mol. The minimum atomic E-state index is 0.899. The summed E-state index contributed by atoms with van der Waals surface area (Å²) in [4.78, 5) is 6.63. The molecular weight excluding hydrogens is 292 g/mol. The van der Waals surface area contributed by atoms with E-state index in [-0.39, 0.29) is 0 Å². The fourth-order valence-corrected chi connectivity index (χ4v) is 3.61. The molecule has 3 rings (SSSR count). The molecule has 1 aliphatic heterocycles. The second-order valence-corrected chi connectivity index (χ2v) is 6.80. The van der Waals surface area contributed by atoms with Crippen LogP contribution in [0.1, 0.15) is 11.1 Å². The lowest BCUT2D eigenvalue weighted by Crippen LogP contribution is -2.44. The molecule has 0 aliphatic carbocycles. The monoisotopic (exact) mass is 316 g/mol. The number of hydrogen-bond acceptors (Lipinski definition) is 4. The van der Waals surface area contributed by atoms with Gasteiger partial charge in [-0.25, -0.2) is 4.98 Å². The molecule has 2 heterocycles. The molecule has 1 aliphatic rings. The van der Waals surface area contributed by atoms with Crippen LogP contribution in [0.5, 0.6) is 0 Å². The van der Waals surface area contributed by atoms with Crippen molar-refractivity contribution in [3.63, 3.8) is 0 Å². The molecule has 0 radical (unpaired) electrons. The number of piperazine rings is 1. The molecule has 118 valence electrons. The van der Waals surface area contributed by atoms with E-state index in [1.165, 1.54) is 36.5 Å². The summed E-state index contributed by atoms with van der Waals surface area (Å²) in [6.07, 6.45) is 5.68. The van der Waals surface area contributed by atoms with Crippen LogP contribution in [0.3, 0.4) is 0 Å². The molecule has 0 bridgehead atoms. The zero-order chi connectivity index (χ0) is 15.0. The quantitative estimate of drug-likeness (QED) is 0.793. The fourth-order valence-electron chi connectivity index (χ4n) is 2.65. The highest BCUT2D eigenvalue weighted by Crippen LogP contribution is 2.14. The minimum absolute atomic E-state index is 0.899. The summed E-state index contributed by atoms with van der Waals surface area (Å²) in [6, 6.07) is 8.96. The number of hydrogen-bond donors (Lipinski definition) is 1. The van der Waals surface area contributed by atoms with Crippen molar-refractivity contribution < 1.29 is 0 Å². The first kappa shape index (κ1) is 15.6. The van der Waals surface area contributed by atoms with E-state index >= 15 is 0 Å². The van der Waals surface area contributed by atoms with E-state index in [9.17, 15) is 0 Å². The van der Waals surface area contributed by atoms with Gasteiger partial charge in [0.25, 0.3) is 0 Å². The van der Waals surface area contributed by atoms with E-state index in [0.717, 1.165) is 25.4 Å². The van der Waals surface area contributed by atoms with Gasteiger partial charge in [-0.1, -0.05) is 24.3 Å². The second kappa shape index (κ2) is 8.36. The molecule has 0 unspecified atom stereocenters. The second-order valence-electron chi connectivity index (χ2n) is 5.70. The third-order valence-corrected chi connectivity index (χ3v) is 4.99. The van der Waals surface area contributed by atoms with Crippen molar-refractivity contribution in [3.8, 4) is 0 Å². The first-order valence-corrected chi connectivity index (χ1v) is 9.10. The molecule has 1 aromatic heterocycles. The molecule has 1 saturated heterocycles. The van der Waals surface area contributed by atoms with E-state index < -0.39 is 0 Å². The maximum Gasteiger partial charge on any atom is 0.0949 e. The SMILES string of the molecule is c1cn(Cc2ccc(CSCCN3CCNCC3)cc2)cn1. The van der Waals surface area contributed by atoms with Gasteiger partial charge in [-0.2, -0.15) is 11.8 Å². The van der Waals surface area contributed by atoms with Crippen molar-refractivity contribution in [2.45, 2.75) is 12.3 Å². The summed E-state index contributed by atoms with van der Waals surface area (Å²) in [5, 5.41) is 3.40. The first-order chi connectivity index (χ1) is 10.9. The van der Waals surface area contributed by atoms with Gasteiger partial charge >= 0.3 is 0 Å². The Hall–Kier alpha value is -1.30. The molecule has 5 heteroatoms. The van der Waals surface area contributed by atoms with Crippen LogP contribution in [0, 0.1) is 0 Å². The van der Waals surface area contributed by atoms with Crippen LogP contribution in [-0.4, -0.2) is 52.9 Å². The Morgan fingerprint density at radius 3 is 2.59 bits per heavy atom. The highest BCUT2D eigenvalue weighted by atomic mass is 32.2. The van der Waals surface area contributed by atoms with Crippen LogP contribution >= 0.6 is 11.8 Å². The number of imidazole rings is 1. The Morgan fingerprint density at radius 1 is 1.09 bits per heavy atom. The minimum Gasteiger partial charge on any atom is -0.333 e. The molecule has 0 saturated carbocycles. The summed E-state index contributed by atoms with van der Waals surface area (Å²) >= 11 is 2.03. The average Bonchev–Trinajstić information content (AvgIpc) is 3.07. The Labute approximate surface area is 136 Å². The molecule has 0 spiro atoms. The molecule has 0 amide bonds. The lowest BCUT2D eigenvalue weighted by atomic mass is 10.1. The Kier molecular flexibility index (Phi) is 5.93. The van der Waals surface area contributed by atoms with E-state index in [0.29, 0.717) is 0 Å². The molecule has 1 fully saturated rings. The third kappa shape index (κ3) is 4.87. The van der Waals surface area contributed by atoms with Gasteiger partial charge in [0.05, 0.1) is 6.33 Å². The van der Waals surface area contributed by atoms with Crippen molar-refractivity contribution >= 4 is 11.8 Å². The zero-order valence-electron chi connectivity index (χ0n) is 12.9. The van der Waals surface area contributed by atoms with E-state index in [1.807, 2.05) is 30.5 Å². The van der Waals surface area contributed by atoms with Gasteiger partial charge in [0, 0.05) is 63.2 Å². The van der Waals surface area contributed by atoms with Crippen molar-refractivity contribution in [3.05, 3.63) is 54.1 Å². The highest BCUT2D eigenvalue weighted by molar-refractivity contribution is 7.98. The number of nitrogens with zero attached hydrogens (tertiary/aromatic N) is 3. The zero-order valence-corrected chi connectivity index (χ0v) is 13.8. The first-order valence-electron chi connectivity index (χ1n) is 7.94. The van der Waals surface area contributed by atoms with Crippen molar-refractivity contribution in [1.29, 1.82) is 0 Å². The largest absolute Gasteiger partial charge is 0.333 e. The maximum atomic E-state index is 4.08. The van der Waals surface area contributed by atoms with Gasteiger partial charge in [0.1, 0.15) is 0 Å². The van der Waals surface area contributed by atoms with Crippen LogP contribution in [-0.2, 0) is 12.3 Å². The van der Waals surface area contributed by atoms with E-state index in [1.54, 1.807) is 0 Å². The molecule has 2 aromatic rings. The fraction of sp³-hybridized carbons (Fsp3) is 0.471. The molecule has 22 heavy (non-hydrogen) atoms. The van der Waals surface area contributed by atoms with Crippen molar-refractivity contribution in [2.75, 3.05) is 38.5 Å². The summed E-state index contributed by atoms with van der Waals surface area (Å²) < 4.78 is 2.09. The lowest BCUT2D eigenvalue weighted by Gasteiger charge is -2.26. The van der Waals surface area contributed by atoms with E-state index in [4.69, 9.17) is 0 Å². The van der Waals surface area contributed by atoms with Crippen LogP contribution < -0.4 is 5.32 Å². The van der Waals surface area contributed by atoms with Crippen LogP contribution in [0.4, 0.5) is 0 Å². The third-order valence-electron chi connectivity index (χ3n) is 3.98. The smallest absolute Gasteiger partial charge is 0.0949 e. The Balaban J connectivity index is 1.37. The predicted octanol–water partition coefficient (Wildman–Crippen LogP) is 2.07. The van der Waals surface area contributed by atoms with Gasteiger partial charge in [-0.3, -0.25) is 4.90 Å². The average molecular weight is 316 g/mol. The molecule has 1 aromatic carbocycles. The molecular formula is C17H24N4S. The van der Waals surface area contributed by atoms with Crippen LogP contribution in [0.25, 0.3) is 0 Å². The van der Waals surface area contributed by atoms with Gasteiger partial charge in [0.2, 0.25) is 0 Å². The summed E-state index contributed by atoms with van der Waals surface area (Å²) in [7, 11) is 0. The Morgan fingerprint density at radius 2 is 1.86 bits per heavy atom. The number of thioether (sulfide) groups is 1. The number of nitrogens with one attached hydrogen (secondary N) is 1. The standard InChI is InChI=1S/C17H24N4S/c1-3-17(4-2-16(1)13-21-10-7-19-15-21)14-22-12-11-20-8-5-18-6-9-20/h1-4,7,10,15,18H,5-6,8-9,11-14H2. The molecule has 4 nitrogen and oxygen atoms in total. The number of aromatic nitrogens is 2. The maximum absolute atomic E-state index is 4.08. The summed E-state index contributed by atoms with van der Waals surface area (Å²) in [5.41, 5.74) is 2.74. The van der Waals surface area contributed by atoms with Crippen LogP contribution in [0.2, 0.25) is 0 Å². The highest BCUT2D eigenvalue weighted by Gasteiger charge is 2.08. The number of rotatable bonds is 7. The van der Waals surface area contributed by atoms with Gasteiger partial charge in [0.15, 0.2) is 0 Å². The summed E-state index contributed by atoms with van der Waals surface area (Å²) in [6.45, 7) is 6.79. The normalized spacial score (nSPS) is 16.0. The van der Waals surface area contributed by atoms with Gasteiger partial charge in [-0.15, -0.1) is 0 Å². The van der Waals surface area contributed by atoms with Crippen molar-refractivity contribution in [2.24, 2.45) is 0 Å². The number of benzene rings is 1. The van der Waals surface area contributed by atoms with Gasteiger partial charge in [-0.05, 0) is 11.1 Å². The van der Waals surface area contributed by atoms with E-state index in [2.05, 4.69) is 44.0 Å². The Bertz CT molecular complexity index is 532.